The molecular formula is C15H9ClFIN2O. The van der Waals surface area contributed by atoms with Crippen LogP contribution in [0.5, 0.6) is 0 Å². The summed E-state index contributed by atoms with van der Waals surface area (Å²) in [5.41, 5.74) is 1.17. The number of hydrogen-bond acceptors (Lipinski definition) is 2. The summed E-state index contributed by atoms with van der Waals surface area (Å²) < 4.78 is 15.9. The molecule has 1 aromatic heterocycles. The Labute approximate surface area is 138 Å². The minimum Gasteiger partial charge on any atom is -0.294 e. The average Bonchev–Trinajstić information content (AvgIpc) is 2.46. The van der Waals surface area contributed by atoms with Crippen LogP contribution in [0.1, 0.15) is 5.56 Å². The third kappa shape index (κ3) is 2.94. The van der Waals surface area contributed by atoms with Crippen molar-refractivity contribution >= 4 is 45.1 Å². The fourth-order valence-electron chi connectivity index (χ4n) is 2.08. The van der Waals surface area contributed by atoms with E-state index in [0.29, 0.717) is 16.5 Å². The molecule has 0 bridgehead atoms. The summed E-state index contributed by atoms with van der Waals surface area (Å²) in [6.45, 7) is 0.251. The van der Waals surface area contributed by atoms with E-state index in [9.17, 15) is 9.18 Å². The van der Waals surface area contributed by atoms with Gasteiger partial charge in [-0.05, 0) is 58.5 Å². The molecule has 3 rings (SSSR count). The van der Waals surface area contributed by atoms with Gasteiger partial charge in [-0.3, -0.25) is 9.36 Å². The van der Waals surface area contributed by atoms with E-state index >= 15 is 0 Å². The predicted octanol–water partition coefficient (Wildman–Crippen LogP) is 3.84. The third-order valence-electron chi connectivity index (χ3n) is 3.12. The van der Waals surface area contributed by atoms with E-state index < -0.39 is 5.82 Å². The van der Waals surface area contributed by atoms with Gasteiger partial charge in [0.25, 0.3) is 5.56 Å². The van der Waals surface area contributed by atoms with Crippen LogP contribution >= 0.6 is 34.2 Å². The van der Waals surface area contributed by atoms with Gasteiger partial charge in [-0.25, -0.2) is 9.37 Å². The van der Waals surface area contributed by atoms with E-state index in [4.69, 9.17) is 11.6 Å². The van der Waals surface area contributed by atoms with Crippen LogP contribution in [0.15, 0.2) is 47.5 Å². The van der Waals surface area contributed by atoms with Crippen LogP contribution in [0.25, 0.3) is 10.9 Å². The molecule has 0 radical (unpaired) electrons. The predicted molar refractivity (Wildman–Crippen MR) is 89.2 cm³/mol. The van der Waals surface area contributed by atoms with Crippen LogP contribution in [0.3, 0.4) is 0 Å². The number of aromatic nitrogens is 2. The molecule has 0 aliphatic carbocycles. The summed E-state index contributed by atoms with van der Waals surface area (Å²) in [4.78, 5) is 16.7. The molecule has 3 aromatic rings. The van der Waals surface area contributed by atoms with Gasteiger partial charge in [0.1, 0.15) is 5.82 Å². The maximum absolute atomic E-state index is 13.5. The first-order valence-corrected chi connectivity index (χ1v) is 7.59. The van der Waals surface area contributed by atoms with Crippen molar-refractivity contribution in [2.45, 2.75) is 6.54 Å². The Morgan fingerprint density at radius 2 is 2.05 bits per heavy atom. The van der Waals surface area contributed by atoms with Crippen LogP contribution in [-0.2, 0) is 6.54 Å². The largest absolute Gasteiger partial charge is 0.294 e. The Balaban J connectivity index is 2.06. The zero-order valence-corrected chi connectivity index (χ0v) is 13.6. The minimum absolute atomic E-state index is 0.0669. The highest BCUT2D eigenvalue weighted by Crippen LogP contribution is 2.16. The third-order valence-corrected chi connectivity index (χ3v) is 4.10. The Morgan fingerprint density at radius 3 is 2.81 bits per heavy atom. The first kappa shape index (κ1) is 14.5. The lowest BCUT2D eigenvalue weighted by Gasteiger charge is -2.07. The van der Waals surface area contributed by atoms with Gasteiger partial charge in [0.2, 0.25) is 0 Å². The molecule has 0 N–H and O–H groups in total. The summed E-state index contributed by atoms with van der Waals surface area (Å²) in [7, 11) is 0. The Kier molecular flexibility index (Phi) is 3.95. The van der Waals surface area contributed by atoms with Gasteiger partial charge in [-0.15, -0.1) is 0 Å². The van der Waals surface area contributed by atoms with Gasteiger partial charge < -0.3 is 0 Å². The summed E-state index contributed by atoms with van der Waals surface area (Å²) >= 11 is 7.80. The van der Waals surface area contributed by atoms with E-state index in [1.807, 2.05) is 12.1 Å². The molecule has 1 heterocycles. The first-order valence-electron chi connectivity index (χ1n) is 6.13. The van der Waals surface area contributed by atoms with Gasteiger partial charge in [0, 0.05) is 3.57 Å². The van der Waals surface area contributed by atoms with Crippen molar-refractivity contribution in [1.82, 2.24) is 9.55 Å². The molecule has 2 aromatic carbocycles. The maximum Gasteiger partial charge on any atom is 0.261 e. The molecule has 0 spiro atoms. The highest BCUT2D eigenvalue weighted by atomic mass is 127. The van der Waals surface area contributed by atoms with Crippen molar-refractivity contribution in [3.63, 3.8) is 0 Å². The summed E-state index contributed by atoms with van der Waals surface area (Å²) in [5, 5.41) is 0.621. The molecule has 0 saturated carbocycles. The number of halogens is 3. The maximum atomic E-state index is 13.5. The second kappa shape index (κ2) is 5.73. The molecular weight excluding hydrogens is 406 g/mol. The summed E-state index contributed by atoms with van der Waals surface area (Å²) in [6.07, 6.45) is 1.48. The Hall–Kier alpha value is -1.47. The summed E-state index contributed by atoms with van der Waals surface area (Å²) in [6, 6.07) is 10.0. The van der Waals surface area contributed by atoms with Crippen molar-refractivity contribution in [3.05, 3.63) is 73.1 Å². The lowest BCUT2D eigenvalue weighted by Crippen LogP contribution is -2.21. The topological polar surface area (TPSA) is 34.9 Å². The van der Waals surface area contributed by atoms with E-state index in [0.717, 1.165) is 3.57 Å². The molecule has 0 amide bonds. The standard InChI is InChI=1S/C15H9ClFIN2O/c16-12-3-1-9(5-13(12)17)7-20-8-19-14-4-2-10(18)6-11(14)15(20)21/h1-6,8H,7H2. The van der Waals surface area contributed by atoms with E-state index in [2.05, 4.69) is 27.6 Å². The van der Waals surface area contributed by atoms with Crippen LogP contribution in [-0.4, -0.2) is 9.55 Å². The van der Waals surface area contributed by atoms with Gasteiger partial charge >= 0.3 is 0 Å². The average molecular weight is 415 g/mol. The van der Waals surface area contributed by atoms with E-state index in [1.165, 1.54) is 23.0 Å². The summed E-state index contributed by atoms with van der Waals surface area (Å²) in [5.74, 6) is -0.495. The lowest BCUT2D eigenvalue weighted by atomic mass is 10.2. The second-order valence-corrected chi connectivity index (χ2v) is 6.24. The molecule has 6 heteroatoms. The van der Waals surface area contributed by atoms with Crippen molar-refractivity contribution in [1.29, 1.82) is 0 Å². The fraction of sp³-hybridized carbons (Fsp3) is 0.0667. The van der Waals surface area contributed by atoms with Crippen molar-refractivity contribution < 1.29 is 4.39 Å². The Bertz CT molecular complexity index is 894. The number of benzene rings is 2. The molecule has 0 aliphatic heterocycles. The first-order chi connectivity index (χ1) is 10.0. The van der Waals surface area contributed by atoms with Gasteiger partial charge in [0.15, 0.2) is 0 Å². The fourth-order valence-corrected chi connectivity index (χ4v) is 2.69. The zero-order chi connectivity index (χ0) is 15.0. The van der Waals surface area contributed by atoms with Gasteiger partial charge in [-0.2, -0.15) is 0 Å². The smallest absolute Gasteiger partial charge is 0.261 e. The number of rotatable bonds is 2. The minimum atomic E-state index is -0.495. The van der Waals surface area contributed by atoms with Crippen LogP contribution in [0.2, 0.25) is 5.02 Å². The van der Waals surface area contributed by atoms with Crippen LogP contribution in [0, 0.1) is 9.39 Å². The van der Waals surface area contributed by atoms with Gasteiger partial charge in [-0.1, -0.05) is 17.7 Å². The van der Waals surface area contributed by atoms with E-state index in [1.54, 1.807) is 12.1 Å². The van der Waals surface area contributed by atoms with Crippen molar-refractivity contribution in [2.75, 3.05) is 0 Å². The van der Waals surface area contributed by atoms with Crippen molar-refractivity contribution in [2.24, 2.45) is 0 Å². The molecule has 0 unspecified atom stereocenters. The molecule has 0 aliphatic rings. The van der Waals surface area contributed by atoms with E-state index in [-0.39, 0.29) is 17.1 Å². The SMILES string of the molecule is O=c1c2cc(I)ccc2ncn1Cc1ccc(Cl)c(F)c1. The normalized spacial score (nSPS) is 11.0. The lowest BCUT2D eigenvalue weighted by molar-refractivity contribution is 0.623. The monoisotopic (exact) mass is 414 g/mol. The number of fused-ring (bicyclic) bond motifs is 1. The molecule has 3 nitrogen and oxygen atoms in total. The molecule has 0 fully saturated rings. The Morgan fingerprint density at radius 1 is 1.24 bits per heavy atom. The molecule has 0 saturated heterocycles. The highest BCUT2D eigenvalue weighted by molar-refractivity contribution is 14.1. The molecule has 106 valence electrons. The van der Waals surface area contributed by atoms with Crippen LogP contribution in [0.4, 0.5) is 4.39 Å². The quantitative estimate of drug-likeness (QED) is 0.597. The second-order valence-electron chi connectivity index (χ2n) is 4.59. The van der Waals surface area contributed by atoms with Crippen molar-refractivity contribution in [3.8, 4) is 0 Å². The number of hydrogen-bond donors (Lipinski definition) is 0. The zero-order valence-electron chi connectivity index (χ0n) is 10.7. The van der Waals surface area contributed by atoms with Gasteiger partial charge in [0.05, 0.1) is 28.8 Å². The highest BCUT2D eigenvalue weighted by Gasteiger charge is 2.07. The van der Waals surface area contributed by atoms with Crippen LogP contribution < -0.4 is 5.56 Å². The number of nitrogens with zero attached hydrogens (tertiary/aromatic N) is 2. The molecule has 21 heavy (non-hydrogen) atoms. The molecule has 0 atom stereocenters.